The molecule has 0 aromatic rings. The monoisotopic (exact) mass is 668 g/mol. The van der Waals surface area contributed by atoms with E-state index >= 15 is 0 Å². The summed E-state index contributed by atoms with van der Waals surface area (Å²) in [4.78, 5) is 42.4. The molecular formula is C37H65O8P. The van der Waals surface area contributed by atoms with E-state index in [1.807, 2.05) is 6.08 Å². The second-order valence-corrected chi connectivity index (χ2v) is 13.1. The van der Waals surface area contributed by atoms with Crippen LogP contribution in [0.15, 0.2) is 48.6 Å². The van der Waals surface area contributed by atoms with Crippen LogP contribution in [-0.4, -0.2) is 41.0 Å². The van der Waals surface area contributed by atoms with Gasteiger partial charge >= 0.3 is 19.8 Å². The summed E-state index contributed by atoms with van der Waals surface area (Å²) in [6.45, 7) is 3.55. The summed E-state index contributed by atoms with van der Waals surface area (Å²) in [5, 5.41) is 0. The van der Waals surface area contributed by atoms with Gasteiger partial charge in [0.1, 0.15) is 6.61 Å². The van der Waals surface area contributed by atoms with Gasteiger partial charge < -0.3 is 19.3 Å². The van der Waals surface area contributed by atoms with E-state index in [-0.39, 0.29) is 19.4 Å². The molecule has 0 aliphatic heterocycles. The van der Waals surface area contributed by atoms with E-state index < -0.39 is 32.5 Å². The van der Waals surface area contributed by atoms with Crippen LogP contribution in [0, 0.1) is 0 Å². The molecule has 0 radical (unpaired) electrons. The summed E-state index contributed by atoms with van der Waals surface area (Å²) in [5.41, 5.74) is 0. The third kappa shape index (κ3) is 34.9. The first-order chi connectivity index (χ1) is 22.3. The van der Waals surface area contributed by atoms with Gasteiger partial charge in [-0.2, -0.15) is 0 Å². The fourth-order valence-electron chi connectivity index (χ4n) is 4.66. The molecule has 0 bridgehead atoms. The maximum Gasteiger partial charge on any atom is 0.469 e. The average Bonchev–Trinajstić information content (AvgIpc) is 3.02. The molecule has 46 heavy (non-hydrogen) atoms. The van der Waals surface area contributed by atoms with Crippen molar-refractivity contribution in [3.8, 4) is 0 Å². The molecule has 0 heterocycles. The predicted molar refractivity (Wildman–Crippen MR) is 188 cm³/mol. The molecule has 0 saturated heterocycles. The third-order valence-corrected chi connectivity index (χ3v) is 7.84. The van der Waals surface area contributed by atoms with E-state index in [0.717, 1.165) is 44.9 Å². The molecule has 0 rings (SSSR count). The van der Waals surface area contributed by atoms with Crippen molar-refractivity contribution in [1.29, 1.82) is 0 Å². The van der Waals surface area contributed by atoms with Gasteiger partial charge in [0.05, 0.1) is 6.61 Å². The van der Waals surface area contributed by atoms with Crippen LogP contribution in [0.5, 0.6) is 0 Å². The number of esters is 2. The van der Waals surface area contributed by atoms with E-state index in [0.29, 0.717) is 12.8 Å². The van der Waals surface area contributed by atoms with Crippen LogP contribution in [0.1, 0.15) is 155 Å². The highest BCUT2D eigenvalue weighted by molar-refractivity contribution is 7.46. The zero-order chi connectivity index (χ0) is 34.0. The van der Waals surface area contributed by atoms with E-state index in [2.05, 4.69) is 60.9 Å². The Balaban J connectivity index is 4.01. The average molecular weight is 669 g/mol. The van der Waals surface area contributed by atoms with Crippen LogP contribution in [0.4, 0.5) is 0 Å². The number of rotatable bonds is 32. The van der Waals surface area contributed by atoms with Gasteiger partial charge in [-0.15, -0.1) is 0 Å². The Labute approximate surface area is 280 Å². The summed E-state index contributed by atoms with van der Waals surface area (Å²) in [6.07, 6.45) is 38.7. The van der Waals surface area contributed by atoms with Gasteiger partial charge in [-0.3, -0.25) is 14.1 Å². The first kappa shape index (κ1) is 44.0. The fraction of sp³-hybridized carbons (Fsp3) is 0.730. The van der Waals surface area contributed by atoms with Crippen LogP contribution in [-0.2, 0) is 28.2 Å². The van der Waals surface area contributed by atoms with Gasteiger partial charge in [0.25, 0.3) is 0 Å². The van der Waals surface area contributed by atoms with Crippen LogP contribution < -0.4 is 0 Å². The van der Waals surface area contributed by atoms with Gasteiger partial charge in [-0.25, -0.2) is 4.57 Å². The highest BCUT2D eigenvalue weighted by Crippen LogP contribution is 2.35. The lowest BCUT2D eigenvalue weighted by atomic mass is 10.1. The zero-order valence-electron chi connectivity index (χ0n) is 29.0. The van der Waals surface area contributed by atoms with Crippen LogP contribution in [0.25, 0.3) is 0 Å². The van der Waals surface area contributed by atoms with Gasteiger partial charge in [0.15, 0.2) is 6.10 Å². The minimum absolute atomic E-state index is 0.191. The minimum Gasteiger partial charge on any atom is -0.462 e. The van der Waals surface area contributed by atoms with Crippen molar-refractivity contribution in [3.63, 3.8) is 0 Å². The molecular weight excluding hydrogens is 603 g/mol. The zero-order valence-corrected chi connectivity index (χ0v) is 29.9. The summed E-state index contributed by atoms with van der Waals surface area (Å²) in [5.74, 6) is -0.960. The van der Waals surface area contributed by atoms with Crippen molar-refractivity contribution in [2.75, 3.05) is 13.2 Å². The van der Waals surface area contributed by atoms with Crippen LogP contribution >= 0.6 is 7.82 Å². The molecule has 9 heteroatoms. The highest BCUT2D eigenvalue weighted by atomic mass is 31.2. The third-order valence-electron chi connectivity index (χ3n) is 7.35. The van der Waals surface area contributed by atoms with E-state index in [4.69, 9.17) is 19.3 Å². The summed E-state index contributed by atoms with van der Waals surface area (Å²) < 4.78 is 26.1. The first-order valence-electron chi connectivity index (χ1n) is 17.9. The SMILES string of the molecule is CCCCCCCCC/C=C/C/C=C/C/C=C/C/C=C/CCCC(=O)OC[C@H](COP(=O)(O)O)OC(=O)CCCCCCCCC. The molecule has 8 nitrogen and oxygen atoms in total. The number of carbonyl (C=O) groups excluding carboxylic acids is 2. The van der Waals surface area contributed by atoms with Crippen LogP contribution in [0.3, 0.4) is 0 Å². The predicted octanol–water partition coefficient (Wildman–Crippen LogP) is 10.4. The first-order valence-corrected chi connectivity index (χ1v) is 19.5. The smallest absolute Gasteiger partial charge is 0.462 e. The standard InChI is InChI=1S/C37H65O8P/c1-3-5-7-9-11-12-13-14-15-16-17-18-19-20-21-22-23-24-26-27-29-31-36(38)43-33-35(34-44-46(40,41)42)45-37(39)32-30-28-25-10-8-6-4-2/h15-16,18-19,21-22,24,26,35H,3-14,17,20,23,25,27-34H2,1-2H3,(H2,40,41,42)/b16-15+,19-18+,22-21+,26-24+/t35-/m1/s1. The van der Waals surface area contributed by atoms with Crippen molar-refractivity contribution < 1.29 is 37.9 Å². The molecule has 0 aliphatic carbocycles. The molecule has 0 aliphatic rings. The van der Waals surface area contributed by atoms with E-state index in [1.165, 1.54) is 70.6 Å². The second-order valence-electron chi connectivity index (χ2n) is 11.8. The van der Waals surface area contributed by atoms with Crippen molar-refractivity contribution in [2.24, 2.45) is 0 Å². The molecule has 1 atom stereocenters. The molecule has 0 aromatic carbocycles. The number of hydrogen-bond acceptors (Lipinski definition) is 6. The fourth-order valence-corrected chi connectivity index (χ4v) is 5.02. The lowest BCUT2D eigenvalue weighted by Gasteiger charge is -2.18. The number of carbonyl (C=O) groups is 2. The topological polar surface area (TPSA) is 119 Å². The Bertz CT molecular complexity index is 890. The number of ether oxygens (including phenoxy) is 2. The number of hydrogen-bond donors (Lipinski definition) is 2. The summed E-state index contributed by atoms with van der Waals surface area (Å²) in [7, 11) is -4.75. The summed E-state index contributed by atoms with van der Waals surface area (Å²) >= 11 is 0. The maximum absolute atomic E-state index is 12.2. The Kier molecular flexibility index (Phi) is 31.5. The van der Waals surface area contributed by atoms with Crippen LogP contribution in [0.2, 0.25) is 0 Å². The Morgan fingerprint density at radius 1 is 0.565 bits per heavy atom. The van der Waals surface area contributed by atoms with Gasteiger partial charge in [-0.05, 0) is 51.4 Å². The minimum atomic E-state index is -4.75. The van der Waals surface area contributed by atoms with Gasteiger partial charge in [0, 0.05) is 12.8 Å². The number of phosphoric ester groups is 1. The molecule has 0 aromatic heterocycles. The lowest BCUT2D eigenvalue weighted by molar-refractivity contribution is -0.161. The quantitative estimate of drug-likeness (QED) is 0.0315. The summed E-state index contributed by atoms with van der Waals surface area (Å²) in [6, 6.07) is 0. The number of allylic oxidation sites excluding steroid dienone is 8. The molecule has 2 N–H and O–H groups in total. The van der Waals surface area contributed by atoms with Gasteiger partial charge in [0.2, 0.25) is 0 Å². The molecule has 266 valence electrons. The Morgan fingerprint density at radius 2 is 1.00 bits per heavy atom. The molecule has 0 unspecified atom stereocenters. The normalized spacial score (nSPS) is 13.0. The molecule has 0 spiro atoms. The molecule has 0 saturated carbocycles. The maximum atomic E-state index is 12.2. The van der Waals surface area contributed by atoms with Gasteiger partial charge in [-0.1, -0.05) is 140 Å². The second kappa shape index (κ2) is 32.9. The lowest BCUT2D eigenvalue weighted by Crippen LogP contribution is -2.29. The van der Waals surface area contributed by atoms with E-state index in [1.54, 1.807) is 0 Å². The molecule has 0 amide bonds. The molecule has 0 fully saturated rings. The van der Waals surface area contributed by atoms with Crippen molar-refractivity contribution in [3.05, 3.63) is 48.6 Å². The van der Waals surface area contributed by atoms with E-state index in [9.17, 15) is 14.2 Å². The Morgan fingerprint density at radius 3 is 1.52 bits per heavy atom. The van der Waals surface area contributed by atoms with Crippen molar-refractivity contribution in [2.45, 2.75) is 161 Å². The van der Waals surface area contributed by atoms with Crippen molar-refractivity contribution in [1.82, 2.24) is 0 Å². The number of phosphoric acid groups is 1. The largest absolute Gasteiger partial charge is 0.469 e. The highest BCUT2D eigenvalue weighted by Gasteiger charge is 2.22. The number of unbranched alkanes of at least 4 members (excludes halogenated alkanes) is 14. The Hall–Kier alpha value is -1.99. The van der Waals surface area contributed by atoms with Crippen molar-refractivity contribution >= 4 is 19.8 Å².